The zero-order valence-corrected chi connectivity index (χ0v) is 21.2. The Kier molecular flexibility index (Phi) is 7.48. The molecule has 2 amide bonds. The van der Waals surface area contributed by atoms with E-state index in [-0.39, 0.29) is 17.0 Å². The summed E-state index contributed by atoms with van der Waals surface area (Å²) in [5.41, 5.74) is 4.91. The molecule has 1 N–H and O–H groups in total. The van der Waals surface area contributed by atoms with E-state index >= 15 is 0 Å². The highest BCUT2D eigenvalue weighted by Crippen LogP contribution is 2.23. The lowest BCUT2D eigenvalue weighted by molar-refractivity contribution is -0.119. The highest BCUT2D eigenvalue weighted by atomic mass is 16.5. The molecule has 8 heteroatoms. The van der Waals surface area contributed by atoms with Gasteiger partial charge in [0, 0.05) is 12.7 Å². The van der Waals surface area contributed by atoms with Crippen LogP contribution >= 0.6 is 0 Å². The summed E-state index contributed by atoms with van der Waals surface area (Å²) in [5.74, 6) is -1.63. The third-order valence-electron chi connectivity index (χ3n) is 5.99. The Morgan fingerprint density at radius 1 is 0.865 bits per heavy atom. The van der Waals surface area contributed by atoms with Gasteiger partial charge in [-0.2, -0.15) is 5.10 Å². The van der Waals surface area contributed by atoms with Crippen LogP contribution in [-0.4, -0.2) is 41.2 Å². The van der Waals surface area contributed by atoms with Crippen LogP contribution in [0.2, 0.25) is 0 Å². The minimum atomic E-state index is -0.760. The van der Waals surface area contributed by atoms with Crippen LogP contribution in [-0.2, 0) is 9.53 Å². The minimum absolute atomic E-state index is 0.0858. The molecule has 0 aliphatic carbocycles. The number of hydrogen-bond donors (Lipinski definition) is 1. The number of anilines is 2. The molecule has 188 valence electrons. The van der Waals surface area contributed by atoms with Gasteiger partial charge in [-0.15, -0.1) is 0 Å². The van der Waals surface area contributed by atoms with Crippen molar-refractivity contribution in [3.8, 4) is 5.69 Å². The molecule has 0 bridgehead atoms. The maximum Gasteiger partial charge on any atom is 0.339 e. The van der Waals surface area contributed by atoms with Crippen molar-refractivity contribution in [3.05, 3.63) is 107 Å². The van der Waals surface area contributed by atoms with E-state index in [0.717, 1.165) is 16.9 Å². The van der Waals surface area contributed by atoms with E-state index in [0.29, 0.717) is 17.1 Å². The lowest BCUT2D eigenvalue weighted by Gasteiger charge is -2.18. The molecular formula is C29H28N4O4. The molecule has 0 saturated heterocycles. The molecule has 0 aliphatic rings. The first-order valence-corrected chi connectivity index (χ1v) is 11.8. The molecule has 3 aromatic carbocycles. The van der Waals surface area contributed by atoms with Gasteiger partial charge in [0.05, 0.1) is 33.9 Å². The number of hydrogen-bond acceptors (Lipinski definition) is 5. The van der Waals surface area contributed by atoms with Crippen LogP contribution < -0.4 is 10.2 Å². The van der Waals surface area contributed by atoms with Crippen molar-refractivity contribution in [1.82, 2.24) is 9.78 Å². The molecule has 1 aromatic heterocycles. The second-order valence-corrected chi connectivity index (χ2v) is 8.66. The van der Waals surface area contributed by atoms with E-state index in [1.165, 1.54) is 11.0 Å². The molecule has 4 rings (SSSR count). The zero-order chi connectivity index (χ0) is 26.5. The zero-order valence-electron chi connectivity index (χ0n) is 21.2. The van der Waals surface area contributed by atoms with Crippen LogP contribution in [0, 0.1) is 20.8 Å². The van der Waals surface area contributed by atoms with Crippen molar-refractivity contribution < 1.29 is 19.1 Å². The average molecular weight is 497 g/mol. The highest BCUT2D eigenvalue weighted by Gasteiger charge is 2.22. The SMILES string of the molecule is Cc1ccc(-n2nc(C)c(NC(=O)COC(=O)c3ccccc3C(=O)N(C)c3ccccc3)c2C)cc1. The quantitative estimate of drug-likeness (QED) is 0.369. The molecule has 0 aliphatic heterocycles. The van der Waals surface area contributed by atoms with Crippen LogP contribution in [0.15, 0.2) is 78.9 Å². The monoisotopic (exact) mass is 496 g/mol. The summed E-state index contributed by atoms with van der Waals surface area (Å²) in [7, 11) is 1.63. The Hall–Kier alpha value is -4.72. The number of carbonyl (C=O) groups excluding carboxylic acids is 3. The summed E-state index contributed by atoms with van der Waals surface area (Å²) in [6.07, 6.45) is 0. The number of aromatic nitrogens is 2. The Balaban J connectivity index is 1.44. The largest absolute Gasteiger partial charge is 0.452 e. The molecule has 0 radical (unpaired) electrons. The maximum atomic E-state index is 13.1. The second-order valence-electron chi connectivity index (χ2n) is 8.66. The fourth-order valence-corrected chi connectivity index (χ4v) is 3.94. The van der Waals surface area contributed by atoms with Crippen LogP contribution in [0.4, 0.5) is 11.4 Å². The highest BCUT2D eigenvalue weighted by molar-refractivity contribution is 6.12. The van der Waals surface area contributed by atoms with Gasteiger partial charge in [-0.3, -0.25) is 9.59 Å². The number of nitrogens with one attached hydrogen (secondary N) is 1. The Bertz CT molecular complexity index is 1440. The first-order chi connectivity index (χ1) is 17.8. The fraction of sp³-hybridized carbons (Fsp3) is 0.172. The van der Waals surface area contributed by atoms with Gasteiger partial charge in [-0.25, -0.2) is 9.48 Å². The van der Waals surface area contributed by atoms with Crippen molar-refractivity contribution >= 4 is 29.2 Å². The van der Waals surface area contributed by atoms with Crippen LogP contribution in [0.1, 0.15) is 37.7 Å². The normalized spacial score (nSPS) is 10.6. The standard InChI is InChI=1S/C29H28N4O4/c1-19-14-16-23(17-15-19)33-21(3)27(20(2)31-33)30-26(34)18-37-29(36)25-13-9-8-12-24(25)28(35)32(4)22-10-6-5-7-11-22/h5-17H,18H2,1-4H3,(H,30,34). The first kappa shape index (κ1) is 25.4. The summed E-state index contributed by atoms with van der Waals surface area (Å²) in [6.45, 7) is 5.15. The van der Waals surface area contributed by atoms with E-state index in [1.807, 2.05) is 56.3 Å². The van der Waals surface area contributed by atoms with Crippen LogP contribution in [0.5, 0.6) is 0 Å². The average Bonchev–Trinajstić information content (AvgIpc) is 3.20. The smallest absolute Gasteiger partial charge is 0.339 e. The molecule has 0 spiro atoms. The predicted octanol–water partition coefficient (Wildman–Crippen LogP) is 4.87. The van der Waals surface area contributed by atoms with E-state index in [9.17, 15) is 14.4 Å². The summed E-state index contributed by atoms with van der Waals surface area (Å²) < 4.78 is 7.03. The number of amides is 2. The third-order valence-corrected chi connectivity index (χ3v) is 5.99. The van der Waals surface area contributed by atoms with E-state index < -0.39 is 18.5 Å². The summed E-state index contributed by atoms with van der Waals surface area (Å²) in [6, 6.07) is 23.4. The van der Waals surface area contributed by atoms with Gasteiger partial charge in [0.15, 0.2) is 6.61 Å². The number of ether oxygens (including phenoxy) is 1. The number of carbonyl (C=O) groups is 3. The number of esters is 1. The number of para-hydroxylation sites is 1. The van der Waals surface area contributed by atoms with E-state index in [1.54, 1.807) is 49.0 Å². The molecule has 4 aromatic rings. The molecule has 37 heavy (non-hydrogen) atoms. The topological polar surface area (TPSA) is 93.5 Å². The number of aryl methyl sites for hydroxylation is 2. The fourth-order valence-electron chi connectivity index (χ4n) is 3.94. The number of nitrogens with zero attached hydrogens (tertiary/aromatic N) is 3. The van der Waals surface area contributed by atoms with Crippen LogP contribution in [0.3, 0.4) is 0 Å². The van der Waals surface area contributed by atoms with Gasteiger partial charge >= 0.3 is 5.97 Å². The van der Waals surface area contributed by atoms with Gasteiger partial charge in [0.25, 0.3) is 11.8 Å². The van der Waals surface area contributed by atoms with Gasteiger partial charge in [-0.1, -0.05) is 48.0 Å². The van der Waals surface area contributed by atoms with Gasteiger partial charge in [-0.05, 0) is 57.2 Å². The van der Waals surface area contributed by atoms with Crippen molar-refractivity contribution in [2.45, 2.75) is 20.8 Å². The molecule has 0 atom stereocenters. The van der Waals surface area contributed by atoms with E-state index in [2.05, 4.69) is 10.4 Å². The van der Waals surface area contributed by atoms with Crippen molar-refractivity contribution in [1.29, 1.82) is 0 Å². The van der Waals surface area contributed by atoms with E-state index in [4.69, 9.17) is 4.74 Å². The summed E-state index contributed by atoms with van der Waals surface area (Å²) in [4.78, 5) is 40.0. The van der Waals surface area contributed by atoms with Crippen molar-refractivity contribution in [3.63, 3.8) is 0 Å². The number of rotatable bonds is 7. The molecule has 1 heterocycles. The van der Waals surface area contributed by atoms with Gasteiger partial charge in [0.2, 0.25) is 0 Å². The Morgan fingerprint density at radius 3 is 2.16 bits per heavy atom. The molecule has 8 nitrogen and oxygen atoms in total. The van der Waals surface area contributed by atoms with Gasteiger partial charge < -0.3 is 15.0 Å². The molecule has 0 saturated carbocycles. The predicted molar refractivity (Wildman–Crippen MR) is 142 cm³/mol. The van der Waals surface area contributed by atoms with Crippen LogP contribution in [0.25, 0.3) is 5.69 Å². The Morgan fingerprint density at radius 2 is 1.49 bits per heavy atom. The molecule has 0 unspecified atom stereocenters. The van der Waals surface area contributed by atoms with Crippen molar-refractivity contribution in [2.75, 3.05) is 23.9 Å². The van der Waals surface area contributed by atoms with Gasteiger partial charge in [0.1, 0.15) is 0 Å². The molecular weight excluding hydrogens is 468 g/mol. The lowest BCUT2D eigenvalue weighted by Crippen LogP contribution is -2.28. The summed E-state index contributed by atoms with van der Waals surface area (Å²) >= 11 is 0. The first-order valence-electron chi connectivity index (χ1n) is 11.8. The number of benzene rings is 3. The molecule has 0 fully saturated rings. The maximum absolute atomic E-state index is 13.1. The minimum Gasteiger partial charge on any atom is -0.452 e. The second kappa shape index (κ2) is 10.9. The Labute approximate surface area is 215 Å². The summed E-state index contributed by atoms with van der Waals surface area (Å²) in [5, 5.41) is 7.32. The van der Waals surface area contributed by atoms with Crippen molar-refractivity contribution in [2.24, 2.45) is 0 Å². The third kappa shape index (κ3) is 5.59. The lowest BCUT2D eigenvalue weighted by atomic mass is 10.1.